The summed E-state index contributed by atoms with van der Waals surface area (Å²) in [7, 11) is 0. The Labute approximate surface area is 631 Å². The predicted molar refractivity (Wildman–Crippen MR) is 441 cm³/mol. The monoisotopic (exact) mass is 1430 g/mol. The second-order valence-corrected chi connectivity index (χ2v) is 29.2. The van der Waals surface area contributed by atoms with Crippen LogP contribution in [0.1, 0.15) is 258 Å². The first-order chi connectivity index (χ1) is 49.0. The molecule has 9 rings (SSSR count). The number of hydrogen-bond donors (Lipinski definition) is 0. The molecule has 11 heteroatoms. The van der Waals surface area contributed by atoms with Crippen LogP contribution in [-0.4, -0.2) is 157 Å². The van der Waals surface area contributed by atoms with Crippen LogP contribution in [0.4, 0.5) is 0 Å². The van der Waals surface area contributed by atoms with Gasteiger partial charge in [0, 0.05) is 39.0 Å². The van der Waals surface area contributed by atoms with Crippen LogP contribution in [0.3, 0.4) is 0 Å². The summed E-state index contributed by atoms with van der Waals surface area (Å²) in [5.74, 6) is 0.806. The summed E-state index contributed by atoms with van der Waals surface area (Å²) in [6, 6.07) is 37.9. The number of hydrogen-bond acceptors (Lipinski definition) is 8. The minimum absolute atomic E-state index is 0. The molecule has 0 unspecified atom stereocenters. The zero-order valence-electron chi connectivity index (χ0n) is 66.8. The van der Waals surface area contributed by atoms with Crippen LogP contribution in [0.5, 0.6) is 0 Å². The molecule has 0 saturated heterocycles. The zero-order chi connectivity index (χ0) is 70.9. The molecule has 563 valence electrons. The molecule has 2 aliphatic heterocycles. The summed E-state index contributed by atoms with van der Waals surface area (Å²) in [5.41, 5.74) is 19.4. The molecular formula is C91H137CoN10-3. The molecule has 1 radical (unpaired) electrons. The Bertz CT molecular complexity index is 3670. The minimum Gasteiger partial charge on any atom is -0.656 e. The van der Waals surface area contributed by atoms with Gasteiger partial charge in [-0.2, -0.15) is 0 Å². The molecule has 102 heavy (non-hydrogen) atoms. The third kappa shape index (κ3) is 20.3. The Morgan fingerprint density at radius 1 is 0.265 bits per heavy atom. The molecule has 0 amide bonds. The van der Waals surface area contributed by atoms with Gasteiger partial charge in [-0.3, -0.25) is 0 Å². The van der Waals surface area contributed by atoms with Crippen LogP contribution in [-0.2, 0) is 16.8 Å². The number of aromatic nitrogens is 4. The van der Waals surface area contributed by atoms with Crippen molar-refractivity contribution in [2.75, 3.05) is 118 Å². The molecule has 3 aromatic heterocycles. The Balaban J connectivity index is 0.00000729. The van der Waals surface area contributed by atoms with Crippen LogP contribution < -0.4 is 9.97 Å². The van der Waals surface area contributed by atoms with Gasteiger partial charge in [-0.15, -0.1) is 22.1 Å². The standard InChI is InChI=1S/C90H134N10.CH3.Co/c1-15-29-45-67(46-30-16-2)79-83-71-53-31-33-55-73(71)85(91-83)80(68(47-39-61-95(17-3)18-4)48-40-62-96(19-5)20-6)87-75-57-35-37-59-77(75)89(93-87)82(70(51-43-65-99(25-11)26-12)52-44-66-100(27-13)28-14)90-78-60-38-36-58-76(78)88(94-90)81(86-74-56-34-32-54-72(74)84(79)92-86)69(49-41-63-97(21-7)22-8)50-42-64-98(23-9)24-10;;/h31-38,53-60,67-70H,15-30,39-52,61-66H2,1-14H3;1H3;/q-2;-1;. The van der Waals surface area contributed by atoms with Gasteiger partial charge < -0.3 is 46.8 Å². The van der Waals surface area contributed by atoms with Gasteiger partial charge in [-0.25, -0.2) is 9.97 Å². The van der Waals surface area contributed by atoms with Gasteiger partial charge in [0.25, 0.3) is 0 Å². The van der Waals surface area contributed by atoms with Gasteiger partial charge in [0.2, 0.25) is 0 Å². The van der Waals surface area contributed by atoms with Crippen molar-refractivity contribution < 1.29 is 16.8 Å². The fraction of sp³-hybridized carbons (Fsp3) is 0.593. The molecule has 2 aliphatic rings. The summed E-state index contributed by atoms with van der Waals surface area (Å²) in [6.07, 6.45) is 19.7. The van der Waals surface area contributed by atoms with E-state index < -0.39 is 0 Å². The molecule has 0 fully saturated rings. The van der Waals surface area contributed by atoms with E-state index >= 15 is 0 Å². The first-order valence-electron chi connectivity index (χ1n) is 41.1. The number of fused-ring (bicyclic) bond motifs is 20. The normalized spacial score (nSPS) is 12.4. The number of rotatable bonds is 46. The van der Waals surface area contributed by atoms with E-state index in [9.17, 15) is 0 Å². The fourth-order valence-corrected chi connectivity index (χ4v) is 17.4. The molecule has 5 heterocycles. The average Bonchev–Trinajstić information content (AvgIpc) is 1.56. The van der Waals surface area contributed by atoms with E-state index in [4.69, 9.17) is 19.9 Å². The van der Waals surface area contributed by atoms with Gasteiger partial charge in [0.05, 0.1) is 22.8 Å². The Morgan fingerprint density at radius 3 is 0.618 bits per heavy atom. The molecule has 0 aliphatic carbocycles. The largest absolute Gasteiger partial charge is 0.656 e. The summed E-state index contributed by atoms with van der Waals surface area (Å²) in [6.45, 7) is 51.9. The molecule has 0 spiro atoms. The van der Waals surface area contributed by atoms with Crippen LogP contribution in [0.2, 0.25) is 0 Å². The van der Waals surface area contributed by atoms with E-state index in [2.05, 4.69) is 223 Å². The SMILES string of the molecule is CCCCC(CCCC)c1c2nc(c(C(CCCN(CC)CC)CCCN(CC)CC)c3[n-]c(c(C(CCCN(CC)CC)CCCN(CC)CC)c4nc(c(C(CCCN(CC)CC)CCCN(CC)CC)c5[n-]c1c1ccccc51)-c1ccccc1-4)c1ccccc31)-c1ccccc1-2.[CH3-].[Co]. The van der Waals surface area contributed by atoms with Crippen molar-refractivity contribution in [2.45, 2.75) is 236 Å². The van der Waals surface area contributed by atoms with E-state index in [1.165, 1.54) is 66.1 Å². The molecule has 0 atom stereocenters. The molecule has 8 bridgehead atoms. The van der Waals surface area contributed by atoms with Crippen molar-refractivity contribution in [1.29, 1.82) is 0 Å². The Kier molecular flexibility index (Phi) is 35.8. The van der Waals surface area contributed by atoms with Crippen LogP contribution >= 0.6 is 0 Å². The summed E-state index contributed by atoms with van der Waals surface area (Å²) < 4.78 is 0. The maximum absolute atomic E-state index is 6.57. The molecule has 0 saturated carbocycles. The van der Waals surface area contributed by atoms with E-state index in [1.807, 2.05) is 0 Å². The summed E-state index contributed by atoms with van der Waals surface area (Å²) in [5, 5.41) is 4.99. The number of unbranched alkanes of at least 4 members (excludes halogenated alkanes) is 2. The Hall–Kier alpha value is -5.21. The number of benzene rings is 4. The van der Waals surface area contributed by atoms with Crippen molar-refractivity contribution in [2.24, 2.45) is 0 Å². The van der Waals surface area contributed by atoms with Gasteiger partial charge in [0.15, 0.2) is 0 Å². The second-order valence-electron chi connectivity index (χ2n) is 29.2. The van der Waals surface area contributed by atoms with Gasteiger partial charge >= 0.3 is 0 Å². The molecule has 0 N–H and O–H groups in total. The summed E-state index contributed by atoms with van der Waals surface area (Å²) >= 11 is 0. The zero-order valence-corrected chi connectivity index (χ0v) is 67.8. The molecule has 10 nitrogen and oxygen atoms in total. The van der Waals surface area contributed by atoms with Crippen LogP contribution in [0.25, 0.3) is 88.6 Å². The maximum Gasteiger partial charge on any atom is 0.0739 e. The third-order valence-corrected chi connectivity index (χ3v) is 23.7. The minimum atomic E-state index is 0. The maximum atomic E-state index is 6.57. The first-order valence-corrected chi connectivity index (χ1v) is 41.1. The molecular weight excluding hydrogens is 1290 g/mol. The van der Waals surface area contributed by atoms with Gasteiger partial charge in [0.1, 0.15) is 0 Å². The number of nitrogens with zero attached hydrogens (tertiary/aromatic N) is 10. The van der Waals surface area contributed by atoms with Crippen LogP contribution in [0.15, 0.2) is 97.1 Å². The van der Waals surface area contributed by atoms with E-state index in [-0.39, 0.29) is 47.9 Å². The van der Waals surface area contributed by atoms with E-state index in [0.717, 1.165) is 278 Å². The topological polar surface area (TPSA) is 73.4 Å². The second kappa shape index (κ2) is 43.4. The van der Waals surface area contributed by atoms with E-state index in [0.29, 0.717) is 0 Å². The van der Waals surface area contributed by atoms with Crippen LogP contribution in [0, 0.1) is 7.43 Å². The van der Waals surface area contributed by atoms with Crippen molar-refractivity contribution in [3.05, 3.63) is 127 Å². The van der Waals surface area contributed by atoms with Gasteiger partial charge in [-0.05, 0) is 275 Å². The third-order valence-electron chi connectivity index (χ3n) is 23.7. The van der Waals surface area contributed by atoms with Crippen molar-refractivity contribution >= 4 is 43.6 Å². The van der Waals surface area contributed by atoms with Gasteiger partial charge in [-0.1, -0.05) is 220 Å². The Morgan fingerprint density at radius 2 is 0.441 bits per heavy atom. The first kappa shape index (κ1) is 84.1. The predicted octanol–water partition coefficient (Wildman–Crippen LogP) is 22.4. The quantitative estimate of drug-likeness (QED) is 0.0345. The molecule has 7 aromatic rings. The molecule has 4 aromatic carbocycles. The van der Waals surface area contributed by atoms with E-state index in [1.54, 1.807) is 0 Å². The summed E-state index contributed by atoms with van der Waals surface area (Å²) in [4.78, 5) is 42.0. The average molecular weight is 1430 g/mol. The van der Waals surface area contributed by atoms with Crippen molar-refractivity contribution in [3.8, 4) is 45.0 Å². The van der Waals surface area contributed by atoms with Crippen molar-refractivity contribution in [3.63, 3.8) is 0 Å². The van der Waals surface area contributed by atoms with Crippen molar-refractivity contribution in [1.82, 2.24) is 49.3 Å². The fourth-order valence-electron chi connectivity index (χ4n) is 17.4. The smallest absolute Gasteiger partial charge is 0.0739 e.